The highest BCUT2D eigenvalue weighted by Crippen LogP contribution is 2.18. The molecule has 1 aromatic carbocycles. The van der Waals surface area contributed by atoms with E-state index in [1.807, 2.05) is 24.3 Å². The minimum atomic E-state index is 0.420. The van der Waals surface area contributed by atoms with Crippen molar-refractivity contribution in [3.8, 4) is 11.5 Å². The van der Waals surface area contributed by atoms with E-state index in [9.17, 15) is 0 Å². The first-order valence-electron chi connectivity index (χ1n) is 4.03. The molecular weight excluding hydrogens is 168 g/mol. The van der Waals surface area contributed by atoms with Gasteiger partial charge in [0.25, 0.3) is 0 Å². The van der Waals surface area contributed by atoms with Crippen molar-refractivity contribution in [2.75, 3.05) is 20.9 Å². The third-order valence-electron chi connectivity index (χ3n) is 1.53. The Hall–Kier alpha value is -1.26. The smallest absolute Gasteiger partial charge is 0.151 e. The molecule has 0 aromatic heterocycles. The monoisotopic (exact) mass is 182 g/mol. The van der Waals surface area contributed by atoms with Crippen LogP contribution >= 0.6 is 0 Å². The first-order valence-corrected chi connectivity index (χ1v) is 4.03. The van der Waals surface area contributed by atoms with Crippen molar-refractivity contribution in [1.82, 2.24) is 10.9 Å². The highest BCUT2D eigenvalue weighted by atomic mass is 16.5. The van der Waals surface area contributed by atoms with Crippen molar-refractivity contribution in [3.63, 3.8) is 0 Å². The summed E-state index contributed by atoms with van der Waals surface area (Å²) in [5.41, 5.74) is 5.58. The van der Waals surface area contributed by atoms with Gasteiger partial charge in [0.1, 0.15) is 11.5 Å². The Morgan fingerprint density at radius 1 is 1.31 bits per heavy atom. The van der Waals surface area contributed by atoms with E-state index in [0.717, 1.165) is 11.5 Å². The lowest BCUT2D eigenvalue weighted by atomic mass is 10.3. The number of benzene rings is 1. The zero-order valence-corrected chi connectivity index (χ0v) is 7.83. The van der Waals surface area contributed by atoms with E-state index < -0.39 is 0 Å². The topological polar surface area (TPSA) is 42.5 Å². The van der Waals surface area contributed by atoms with Gasteiger partial charge in [0.2, 0.25) is 0 Å². The molecule has 0 fully saturated rings. The maximum Gasteiger partial charge on any atom is 0.151 e. The molecule has 72 valence electrons. The fraction of sp³-hybridized carbons (Fsp3) is 0.333. The van der Waals surface area contributed by atoms with Gasteiger partial charge in [-0.1, -0.05) is 6.07 Å². The van der Waals surface area contributed by atoms with Crippen LogP contribution in [0.1, 0.15) is 0 Å². The number of rotatable bonds is 5. The van der Waals surface area contributed by atoms with Gasteiger partial charge in [0, 0.05) is 6.07 Å². The Balaban J connectivity index is 2.46. The van der Waals surface area contributed by atoms with Crippen LogP contribution in [0.3, 0.4) is 0 Å². The number of hydrogen-bond acceptors (Lipinski definition) is 4. The zero-order chi connectivity index (χ0) is 9.52. The van der Waals surface area contributed by atoms with Gasteiger partial charge in [-0.05, 0) is 19.2 Å². The Kier molecular flexibility index (Phi) is 4.08. The van der Waals surface area contributed by atoms with Gasteiger partial charge in [-0.3, -0.25) is 5.43 Å². The molecule has 0 saturated heterocycles. The highest BCUT2D eigenvalue weighted by Gasteiger charge is 1.94. The molecule has 1 aromatic rings. The normalized spacial score (nSPS) is 9.69. The summed E-state index contributed by atoms with van der Waals surface area (Å²) in [6, 6.07) is 7.46. The summed E-state index contributed by atoms with van der Waals surface area (Å²) in [4.78, 5) is 0. The van der Waals surface area contributed by atoms with Gasteiger partial charge >= 0.3 is 0 Å². The quantitative estimate of drug-likeness (QED) is 0.401. The second-order valence-corrected chi connectivity index (χ2v) is 2.39. The molecule has 0 bridgehead atoms. The molecule has 1 rings (SSSR count). The summed E-state index contributed by atoms with van der Waals surface area (Å²) >= 11 is 0. The van der Waals surface area contributed by atoms with Crippen LogP contribution < -0.4 is 20.3 Å². The molecular formula is C9H14N2O2. The molecule has 4 nitrogen and oxygen atoms in total. The standard InChI is InChI=1S/C9H14N2O2/c1-10-11-7-13-9-5-3-4-8(6-9)12-2/h3-6,10-11H,7H2,1-2H3. The van der Waals surface area contributed by atoms with E-state index in [1.54, 1.807) is 14.2 Å². The molecule has 0 aliphatic rings. The van der Waals surface area contributed by atoms with Crippen LogP contribution in [0.2, 0.25) is 0 Å². The van der Waals surface area contributed by atoms with Crippen LogP contribution in [0.25, 0.3) is 0 Å². The molecule has 0 radical (unpaired) electrons. The summed E-state index contributed by atoms with van der Waals surface area (Å²) in [6.45, 7) is 0.420. The van der Waals surface area contributed by atoms with E-state index in [-0.39, 0.29) is 0 Å². The average Bonchev–Trinajstić information content (AvgIpc) is 2.19. The maximum atomic E-state index is 5.34. The lowest BCUT2D eigenvalue weighted by molar-refractivity contribution is 0.266. The van der Waals surface area contributed by atoms with E-state index in [1.165, 1.54) is 0 Å². The summed E-state index contributed by atoms with van der Waals surface area (Å²) < 4.78 is 10.4. The predicted octanol–water partition coefficient (Wildman–Crippen LogP) is 0.755. The number of nitrogens with one attached hydrogen (secondary N) is 2. The van der Waals surface area contributed by atoms with E-state index in [0.29, 0.717) is 6.73 Å². The third kappa shape index (κ3) is 3.31. The van der Waals surface area contributed by atoms with E-state index in [4.69, 9.17) is 9.47 Å². The molecule has 0 heterocycles. The number of hydrogen-bond donors (Lipinski definition) is 2. The predicted molar refractivity (Wildman–Crippen MR) is 50.7 cm³/mol. The lowest BCUT2D eigenvalue weighted by Crippen LogP contribution is -2.31. The van der Waals surface area contributed by atoms with E-state index >= 15 is 0 Å². The molecule has 0 saturated carbocycles. The van der Waals surface area contributed by atoms with Crippen LogP contribution in [0, 0.1) is 0 Å². The van der Waals surface area contributed by atoms with Gasteiger partial charge < -0.3 is 9.47 Å². The maximum absolute atomic E-state index is 5.34. The van der Waals surface area contributed by atoms with Crippen LogP contribution in [-0.2, 0) is 0 Å². The largest absolute Gasteiger partial charge is 0.497 e. The molecule has 13 heavy (non-hydrogen) atoms. The lowest BCUT2D eigenvalue weighted by Gasteiger charge is -2.07. The van der Waals surface area contributed by atoms with Gasteiger partial charge in [0.05, 0.1) is 7.11 Å². The molecule has 0 aliphatic heterocycles. The fourth-order valence-electron chi connectivity index (χ4n) is 0.883. The summed E-state index contributed by atoms with van der Waals surface area (Å²) in [5, 5.41) is 0. The number of hydrazine groups is 1. The van der Waals surface area contributed by atoms with Crippen molar-refractivity contribution in [3.05, 3.63) is 24.3 Å². The van der Waals surface area contributed by atoms with Crippen molar-refractivity contribution in [2.45, 2.75) is 0 Å². The second kappa shape index (κ2) is 5.40. The van der Waals surface area contributed by atoms with Crippen LogP contribution in [0.4, 0.5) is 0 Å². The van der Waals surface area contributed by atoms with Crippen molar-refractivity contribution in [2.24, 2.45) is 0 Å². The SMILES string of the molecule is CNNCOc1cccc(OC)c1. The molecule has 0 amide bonds. The zero-order valence-electron chi connectivity index (χ0n) is 7.83. The Morgan fingerprint density at radius 2 is 2.08 bits per heavy atom. The van der Waals surface area contributed by atoms with Gasteiger partial charge in [-0.2, -0.15) is 0 Å². The van der Waals surface area contributed by atoms with Gasteiger partial charge in [-0.15, -0.1) is 0 Å². The molecule has 4 heteroatoms. The fourth-order valence-corrected chi connectivity index (χ4v) is 0.883. The van der Waals surface area contributed by atoms with Crippen molar-refractivity contribution in [1.29, 1.82) is 0 Å². The van der Waals surface area contributed by atoms with Gasteiger partial charge in [-0.25, -0.2) is 5.43 Å². The second-order valence-electron chi connectivity index (χ2n) is 2.39. The molecule has 0 spiro atoms. The number of methoxy groups -OCH3 is 1. The first kappa shape index (κ1) is 9.83. The average molecular weight is 182 g/mol. The Labute approximate surface area is 77.8 Å². The molecule has 0 unspecified atom stereocenters. The number of ether oxygens (including phenoxy) is 2. The summed E-state index contributed by atoms with van der Waals surface area (Å²) in [7, 11) is 3.42. The Bertz CT molecular complexity index is 253. The van der Waals surface area contributed by atoms with Crippen LogP contribution in [0.15, 0.2) is 24.3 Å². The molecule has 0 aliphatic carbocycles. The van der Waals surface area contributed by atoms with Crippen LogP contribution in [0.5, 0.6) is 11.5 Å². The molecule has 0 atom stereocenters. The highest BCUT2D eigenvalue weighted by molar-refractivity contribution is 5.32. The minimum absolute atomic E-state index is 0.420. The van der Waals surface area contributed by atoms with Crippen LogP contribution in [-0.4, -0.2) is 20.9 Å². The third-order valence-corrected chi connectivity index (χ3v) is 1.53. The molecule has 2 N–H and O–H groups in total. The van der Waals surface area contributed by atoms with Gasteiger partial charge in [0.15, 0.2) is 6.73 Å². The van der Waals surface area contributed by atoms with Crippen molar-refractivity contribution >= 4 is 0 Å². The van der Waals surface area contributed by atoms with E-state index in [2.05, 4.69) is 10.9 Å². The first-order chi connectivity index (χ1) is 6.36. The Morgan fingerprint density at radius 3 is 2.77 bits per heavy atom. The van der Waals surface area contributed by atoms with Crippen molar-refractivity contribution < 1.29 is 9.47 Å². The minimum Gasteiger partial charge on any atom is -0.497 e. The summed E-state index contributed by atoms with van der Waals surface area (Å²) in [6.07, 6.45) is 0. The summed E-state index contributed by atoms with van der Waals surface area (Å²) in [5.74, 6) is 1.57.